The molecular weight excluding hydrogens is 262 g/mol. The molecule has 0 aromatic carbocycles. The number of hydrogen-bond donors (Lipinski definition) is 3. The van der Waals surface area contributed by atoms with E-state index in [1.807, 2.05) is 0 Å². The van der Waals surface area contributed by atoms with Crippen LogP contribution in [0.15, 0.2) is 0 Å². The first-order valence-electron chi connectivity index (χ1n) is 5.57. The molecule has 0 atom stereocenters. The van der Waals surface area contributed by atoms with Gasteiger partial charge in [0.2, 0.25) is 5.91 Å². The Labute approximate surface area is 105 Å². The minimum absolute atomic E-state index is 0.0992. The number of aliphatic carboxylic acids is 1. The fourth-order valence-corrected chi connectivity index (χ4v) is 3.87. The number of primary amides is 1. The predicted octanol–water partition coefficient (Wildman–Crippen LogP) is -1.11. The smallest absolute Gasteiger partial charge is 0.306 e. The quantitative estimate of drug-likeness (QED) is 0.584. The summed E-state index contributed by atoms with van der Waals surface area (Å²) in [7, 11) is -3.75. The number of carboxylic acid groups (broad SMARTS) is 1. The van der Waals surface area contributed by atoms with Crippen molar-refractivity contribution >= 4 is 21.7 Å². The van der Waals surface area contributed by atoms with E-state index in [0.717, 1.165) is 0 Å². The van der Waals surface area contributed by atoms with Gasteiger partial charge in [-0.2, -0.15) is 0 Å². The summed E-state index contributed by atoms with van der Waals surface area (Å²) < 4.78 is 23.1. The van der Waals surface area contributed by atoms with Crippen LogP contribution in [0.2, 0.25) is 0 Å². The van der Waals surface area contributed by atoms with Crippen molar-refractivity contribution in [3.63, 3.8) is 0 Å². The zero-order valence-electron chi connectivity index (χ0n) is 9.83. The van der Waals surface area contributed by atoms with Crippen LogP contribution in [0, 0.1) is 5.92 Å². The van der Waals surface area contributed by atoms with Crippen molar-refractivity contribution in [1.82, 2.24) is 0 Å². The third-order valence-corrected chi connectivity index (χ3v) is 4.82. The molecular formula is C10H17NO6S. The molecule has 8 heteroatoms. The Balaban J connectivity index is 2.63. The van der Waals surface area contributed by atoms with Crippen molar-refractivity contribution in [2.75, 3.05) is 11.5 Å². The molecule has 0 saturated heterocycles. The summed E-state index contributed by atoms with van der Waals surface area (Å²) in [5.74, 6) is -3.77. The summed E-state index contributed by atoms with van der Waals surface area (Å²) in [4.78, 5) is 21.3. The Bertz CT molecular complexity index is 435. The maximum Gasteiger partial charge on any atom is 0.306 e. The number of amides is 1. The molecule has 104 valence electrons. The SMILES string of the molecule is NC(=O)CS(=O)(=O)CC1(O)CCC(C(=O)O)CC1. The average Bonchev–Trinajstić information content (AvgIpc) is 2.13. The molecule has 4 N–H and O–H groups in total. The van der Waals surface area contributed by atoms with Crippen molar-refractivity contribution < 1.29 is 28.2 Å². The van der Waals surface area contributed by atoms with Crippen LogP contribution in [0.4, 0.5) is 0 Å². The molecule has 0 radical (unpaired) electrons. The Morgan fingerprint density at radius 3 is 2.17 bits per heavy atom. The number of aliphatic hydroxyl groups is 1. The van der Waals surface area contributed by atoms with Gasteiger partial charge in [0.15, 0.2) is 9.84 Å². The van der Waals surface area contributed by atoms with Gasteiger partial charge in [-0.3, -0.25) is 9.59 Å². The van der Waals surface area contributed by atoms with Gasteiger partial charge in [-0.25, -0.2) is 8.42 Å². The molecule has 1 aliphatic rings. The van der Waals surface area contributed by atoms with Crippen LogP contribution in [0.3, 0.4) is 0 Å². The zero-order chi connectivity index (χ0) is 14.0. The summed E-state index contributed by atoms with van der Waals surface area (Å²) in [6.45, 7) is 0. The van der Waals surface area contributed by atoms with Crippen molar-refractivity contribution in [2.45, 2.75) is 31.3 Å². The number of rotatable bonds is 5. The molecule has 0 spiro atoms. The molecule has 1 saturated carbocycles. The van der Waals surface area contributed by atoms with Crippen molar-refractivity contribution in [3.05, 3.63) is 0 Å². The monoisotopic (exact) mass is 279 g/mol. The van der Waals surface area contributed by atoms with Gasteiger partial charge in [0.25, 0.3) is 0 Å². The number of carbonyl (C=O) groups excluding carboxylic acids is 1. The van der Waals surface area contributed by atoms with E-state index in [0.29, 0.717) is 0 Å². The van der Waals surface area contributed by atoms with E-state index >= 15 is 0 Å². The lowest BCUT2D eigenvalue weighted by Crippen LogP contribution is -2.43. The molecule has 7 nitrogen and oxygen atoms in total. The fourth-order valence-electron chi connectivity index (χ4n) is 2.22. The largest absolute Gasteiger partial charge is 0.481 e. The zero-order valence-corrected chi connectivity index (χ0v) is 10.6. The minimum Gasteiger partial charge on any atom is -0.481 e. The summed E-state index contributed by atoms with van der Waals surface area (Å²) in [5, 5.41) is 18.9. The molecule has 0 unspecified atom stereocenters. The topological polar surface area (TPSA) is 135 Å². The highest BCUT2D eigenvalue weighted by Crippen LogP contribution is 2.33. The predicted molar refractivity (Wildman–Crippen MR) is 62.4 cm³/mol. The molecule has 1 rings (SSSR count). The number of carbonyl (C=O) groups is 2. The van der Waals surface area contributed by atoms with Gasteiger partial charge in [0, 0.05) is 0 Å². The van der Waals surface area contributed by atoms with E-state index in [4.69, 9.17) is 10.8 Å². The fraction of sp³-hybridized carbons (Fsp3) is 0.800. The molecule has 1 aliphatic carbocycles. The highest BCUT2D eigenvalue weighted by molar-refractivity contribution is 7.92. The van der Waals surface area contributed by atoms with Gasteiger partial charge >= 0.3 is 5.97 Å². The van der Waals surface area contributed by atoms with Crippen LogP contribution in [0.1, 0.15) is 25.7 Å². The summed E-state index contributed by atoms with van der Waals surface area (Å²) in [5.41, 5.74) is 3.37. The molecule has 1 amide bonds. The molecule has 1 fully saturated rings. The maximum absolute atomic E-state index is 11.6. The average molecular weight is 279 g/mol. The summed E-state index contributed by atoms with van der Waals surface area (Å²) >= 11 is 0. The molecule has 0 bridgehead atoms. The van der Waals surface area contributed by atoms with Gasteiger partial charge in [-0.15, -0.1) is 0 Å². The van der Waals surface area contributed by atoms with Crippen LogP contribution in [0.5, 0.6) is 0 Å². The highest BCUT2D eigenvalue weighted by Gasteiger charge is 2.39. The first-order chi connectivity index (χ1) is 8.14. The third-order valence-electron chi connectivity index (χ3n) is 3.12. The normalized spacial score (nSPS) is 28.8. The molecule has 0 heterocycles. The number of carboxylic acids is 1. The van der Waals surface area contributed by atoms with Crippen LogP contribution >= 0.6 is 0 Å². The van der Waals surface area contributed by atoms with Gasteiger partial charge in [-0.1, -0.05) is 0 Å². The van der Waals surface area contributed by atoms with E-state index in [1.165, 1.54) is 0 Å². The van der Waals surface area contributed by atoms with Crippen LogP contribution in [0.25, 0.3) is 0 Å². The van der Waals surface area contributed by atoms with Gasteiger partial charge in [0.05, 0.1) is 17.3 Å². The second kappa shape index (κ2) is 5.23. The van der Waals surface area contributed by atoms with Crippen LogP contribution in [-0.4, -0.2) is 47.6 Å². The van der Waals surface area contributed by atoms with Gasteiger partial charge < -0.3 is 15.9 Å². The second-order valence-corrected chi connectivity index (χ2v) is 6.90. The highest BCUT2D eigenvalue weighted by atomic mass is 32.2. The molecule has 18 heavy (non-hydrogen) atoms. The Morgan fingerprint density at radius 1 is 1.28 bits per heavy atom. The summed E-state index contributed by atoms with van der Waals surface area (Å²) in [6, 6.07) is 0. The number of nitrogens with two attached hydrogens (primary N) is 1. The Hall–Kier alpha value is -1.15. The first kappa shape index (κ1) is 14.9. The second-order valence-electron chi connectivity index (χ2n) is 4.84. The standard InChI is InChI=1S/C10H17NO6S/c11-8(12)5-18(16,17)6-10(15)3-1-7(2-4-10)9(13)14/h7,15H,1-6H2,(H2,11,12)(H,13,14). The van der Waals surface area contributed by atoms with E-state index in [-0.39, 0.29) is 25.7 Å². The van der Waals surface area contributed by atoms with E-state index < -0.39 is 44.7 Å². The molecule has 0 aromatic heterocycles. The lowest BCUT2D eigenvalue weighted by Gasteiger charge is -2.34. The number of sulfone groups is 1. The van der Waals surface area contributed by atoms with Gasteiger partial charge in [-0.05, 0) is 25.7 Å². The Kier molecular flexibility index (Phi) is 4.33. The molecule has 0 aliphatic heterocycles. The number of hydrogen-bond acceptors (Lipinski definition) is 5. The minimum atomic E-state index is -3.75. The Morgan fingerprint density at radius 2 is 1.78 bits per heavy atom. The van der Waals surface area contributed by atoms with Crippen molar-refractivity contribution in [2.24, 2.45) is 11.7 Å². The van der Waals surface area contributed by atoms with Crippen LogP contribution < -0.4 is 5.73 Å². The van der Waals surface area contributed by atoms with E-state index in [1.54, 1.807) is 0 Å². The first-order valence-corrected chi connectivity index (χ1v) is 7.40. The van der Waals surface area contributed by atoms with E-state index in [9.17, 15) is 23.1 Å². The van der Waals surface area contributed by atoms with E-state index in [2.05, 4.69) is 0 Å². The maximum atomic E-state index is 11.6. The van der Waals surface area contributed by atoms with Crippen LogP contribution in [-0.2, 0) is 19.4 Å². The van der Waals surface area contributed by atoms with Crippen molar-refractivity contribution in [1.29, 1.82) is 0 Å². The van der Waals surface area contributed by atoms with Crippen molar-refractivity contribution in [3.8, 4) is 0 Å². The lowest BCUT2D eigenvalue weighted by atomic mass is 9.80. The third kappa shape index (κ3) is 4.26. The summed E-state index contributed by atoms with van der Waals surface area (Å²) in [6.07, 6.45) is 0.666. The molecule has 0 aromatic rings. The lowest BCUT2D eigenvalue weighted by molar-refractivity contribution is -0.144. The van der Waals surface area contributed by atoms with Gasteiger partial charge in [0.1, 0.15) is 5.75 Å².